The van der Waals surface area contributed by atoms with Crippen LogP contribution in [0.4, 0.5) is 11.4 Å². The normalized spacial score (nSPS) is 18.7. The molecule has 1 aromatic rings. The summed E-state index contributed by atoms with van der Waals surface area (Å²) in [5.41, 5.74) is 1.52. The maximum atomic E-state index is 12.1. The molecule has 4 nitrogen and oxygen atoms in total. The third-order valence-electron chi connectivity index (χ3n) is 4.56. The number of hydrogen-bond acceptors (Lipinski definition) is 2. The van der Waals surface area contributed by atoms with E-state index in [1.165, 1.54) is 32.1 Å². The number of rotatable bonds is 5. The van der Waals surface area contributed by atoms with Crippen molar-refractivity contribution in [1.29, 1.82) is 0 Å². The molecule has 2 amide bonds. The van der Waals surface area contributed by atoms with Crippen LogP contribution in [0.5, 0.6) is 0 Å². The van der Waals surface area contributed by atoms with E-state index in [0.717, 1.165) is 24.2 Å². The molecule has 2 saturated carbocycles. The molecule has 2 fully saturated rings. The van der Waals surface area contributed by atoms with Gasteiger partial charge in [-0.1, -0.05) is 25.3 Å². The van der Waals surface area contributed by atoms with Crippen LogP contribution in [0.15, 0.2) is 24.3 Å². The lowest BCUT2D eigenvalue weighted by Gasteiger charge is -2.20. The molecule has 0 aliphatic heterocycles. The summed E-state index contributed by atoms with van der Waals surface area (Å²) in [7, 11) is 0. The van der Waals surface area contributed by atoms with Gasteiger partial charge in [0.05, 0.1) is 0 Å². The van der Waals surface area contributed by atoms with Crippen LogP contribution in [0, 0.1) is 11.8 Å². The summed E-state index contributed by atoms with van der Waals surface area (Å²) in [6, 6.07) is 7.42. The van der Waals surface area contributed by atoms with Crippen LogP contribution in [0.25, 0.3) is 0 Å². The predicted molar refractivity (Wildman–Crippen MR) is 87.6 cm³/mol. The van der Waals surface area contributed by atoms with Gasteiger partial charge in [-0.3, -0.25) is 9.59 Å². The van der Waals surface area contributed by atoms with E-state index in [1.54, 1.807) is 0 Å². The van der Waals surface area contributed by atoms with Crippen LogP contribution in [-0.2, 0) is 9.59 Å². The van der Waals surface area contributed by atoms with Crippen LogP contribution >= 0.6 is 0 Å². The van der Waals surface area contributed by atoms with Crippen LogP contribution in [0.1, 0.15) is 51.4 Å². The van der Waals surface area contributed by atoms with Gasteiger partial charge in [0.2, 0.25) is 11.8 Å². The number of anilines is 2. The van der Waals surface area contributed by atoms with E-state index < -0.39 is 0 Å². The number of benzene rings is 1. The van der Waals surface area contributed by atoms with Gasteiger partial charge in [0.15, 0.2) is 0 Å². The number of hydrogen-bond donors (Lipinski definition) is 2. The SMILES string of the molecule is O=C(CC1CCCCC1)Nc1cccc(NC(=O)C2CC2)c1. The number of carbonyl (C=O) groups excluding carboxylic acids is 2. The molecule has 0 bridgehead atoms. The van der Waals surface area contributed by atoms with Crippen molar-refractivity contribution < 1.29 is 9.59 Å². The highest BCUT2D eigenvalue weighted by molar-refractivity contribution is 5.95. The maximum Gasteiger partial charge on any atom is 0.227 e. The van der Waals surface area contributed by atoms with Crippen molar-refractivity contribution in [3.8, 4) is 0 Å². The lowest BCUT2D eigenvalue weighted by atomic mass is 9.87. The highest BCUT2D eigenvalue weighted by atomic mass is 16.2. The Morgan fingerprint density at radius 1 is 0.955 bits per heavy atom. The minimum atomic E-state index is 0.0811. The molecule has 3 rings (SSSR count). The molecule has 22 heavy (non-hydrogen) atoms. The molecule has 2 aliphatic rings. The topological polar surface area (TPSA) is 58.2 Å². The van der Waals surface area contributed by atoms with Crippen molar-refractivity contribution in [1.82, 2.24) is 0 Å². The Kier molecular flexibility index (Phi) is 4.76. The molecular formula is C18H24N2O2. The molecular weight excluding hydrogens is 276 g/mol. The molecule has 2 N–H and O–H groups in total. The Morgan fingerprint density at radius 2 is 1.64 bits per heavy atom. The summed E-state index contributed by atoms with van der Waals surface area (Å²) >= 11 is 0. The molecule has 0 aromatic heterocycles. The smallest absolute Gasteiger partial charge is 0.227 e. The Balaban J connectivity index is 1.52. The predicted octanol–water partition coefficient (Wildman–Crippen LogP) is 3.94. The average molecular weight is 300 g/mol. The van der Waals surface area contributed by atoms with Gasteiger partial charge in [0, 0.05) is 23.7 Å². The van der Waals surface area contributed by atoms with Crippen molar-refractivity contribution in [3.63, 3.8) is 0 Å². The second kappa shape index (κ2) is 6.95. The van der Waals surface area contributed by atoms with E-state index in [2.05, 4.69) is 10.6 Å². The second-order valence-electron chi connectivity index (χ2n) is 6.60. The fourth-order valence-electron chi connectivity index (χ4n) is 3.13. The summed E-state index contributed by atoms with van der Waals surface area (Å²) in [4.78, 5) is 23.9. The monoisotopic (exact) mass is 300 g/mol. The molecule has 0 radical (unpaired) electrons. The Bertz CT molecular complexity index is 546. The Hall–Kier alpha value is -1.84. The molecule has 0 heterocycles. The minimum Gasteiger partial charge on any atom is -0.326 e. The lowest BCUT2D eigenvalue weighted by molar-refractivity contribution is -0.118. The summed E-state index contributed by atoms with van der Waals surface area (Å²) in [6.07, 6.45) is 8.74. The van der Waals surface area contributed by atoms with E-state index in [4.69, 9.17) is 0 Å². The van der Waals surface area contributed by atoms with E-state index >= 15 is 0 Å². The Labute approximate surface area is 131 Å². The summed E-state index contributed by atoms with van der Waals surface area (Å²) in [6.45, 7) is 0. The molecule has 4 heteroatoms. The number of nitrogens with one attached hydrogen (secondary N) is 2. The van der Waals surface area contributed by atoms with Crippen LogP contribution in [-0.4, -0.2) is 11.8 Å². The van der Waals surface area contributed by atoms with E-state index in [0.29, 0.717) is 12.3 Å². The second-order valence-corrected chi connectivity index (χ2v) is 6.60. The average Bonchev–Trinajstić information content (AvgIpc) is 3.33. The standard InChI is InChI=1S/C18H24N2O2/c21-17(11-13-5-2-1-3-6-13)19-15-7-4-8-16(12-15)20-18(22)14-9-10-14/h4,7-8,12-14H,1-3,5-6,9-11H2,(H,19,21)(H,20,22). The van der Waals surface area contributed by atoms with Gasteiger partial charge in [-0.2, -0.15) is 0 Å². The Morgan fingerprint density at radius 3 is 2.32 bits per heavy atom. The molecule has 0 atom stereocenters. The van der Waals surface area contributed by atoms with E-state index in [-0.39, 0.29) is 17.7 Å². The van der Waals surface area contributed by atoms with Crippen LogP contribution < -0.4 is 10.6 Å². The molecule has 0 spiro atoms. The van der Waals surface area contributed by atoms with E-state index in [1.807, 2.05) is 24.3 Å². The van der Waals surface area contributed by atoms with Gasteiger partial charge in [0.1, 0.15) is 0 Å². The van der Waals surface area contributed by atoms with Crippen molar-refractivity contribution >= 4 is 23.2 Å². The number of carbonyl (C=O) groups is 2. The molecule has 2 aliphatic carbocycles. The first kappa shape index (κ1) is 15.1. The molecule has 0 saturated heterocycles. The summed E-state index contributed by atoms with van der Waals surface area (Å²) < 4.78 is 0. The highest BCUT2D eigenvalue weighted by Crippen LogP contribution is 2.30. The fourth-order valence-corrected chi connectivity index (χ4v) is 3.13. The van der Waals surface area contributed by atoms with Crippen LogP contribution in [0.2, 0.25) is 0 Å². The summed E-state index contributed by atoms with van der Waals surface area (Å²) in [5, 5.41) is 5.87. The first-order chi connectivity index (χ1) is 10.7. The van der Waals surface area contributed by atoms with Crippen molar-refractivity contribution in [2.24, 2.45) is 11.8 Å². The van der Waals surface area contributed by atoms with Crippen molar-refractivity contribution in [3.05, 3.63) is 24.3 Å². The first-order valence-electron chi connectivity index (χ1n) is 8.41. The van der Waals surface area contributed by atoms with Crippen molar-refractivity contribution in [2.45, 2.75) is 51.4 Å². The quantitative estimate of drug-likeness (QED) is 0.865. The largest absolute Gasteiger partial charge is 0.326 e. The number of amides is 2. The summed E-state index contributed by atoms with van der Waals surface area (Å²) in [5.74, 6) is 0.888. The highest BCUT2D eigenvalue weighted by Gasteiger charge is 2.29. The zero-order valence-corrected chi connectivity index (χ0v) is 12.9. The third-order valence-corrected chi connectivity index (χ3v) is 4.56. The lowest BCUT2D eigenvalue weighted by Crippen LogP contribution is -2.18. The van der Waals surface area contributed by atoms with Gasteiger partial charge < -0.3 is 10.6 Å². The van der Waals surface area contributed by atoms with E-state index in [9.17, 15) is 9.59 Å². The molecule has 1 aromatic carbocycles. The van der Waals surface area contributed by atoms with Gasteiger partial charge in [0.25, 0.3) is 0 Å². The van der Waals surface area contributed by atoms with Gasteiger partial charge in [-0.05, 0) is 49.8 Å². The molecule has 0 unspecified atom stereocenters. The van der Waals surface area contributed by atoms with Crippen molar-refractivity contribution in [2.75, 3.05) is 10.6 Å². The van der Waals surface area contributed by atoms with Gasteiger partial charge in [-0.25, -0.2) is 0 Å². The molecule has 118 valence electrons. The van der Waals surface area contributed by atoms with Gasteiger partial charge in [-0.15, -0.1) is 0 Å². The zero-order valence-electron chi connectivity index (χ0n) is 12.9. The maximum absolute atomic E-state index is 12.1. The van der Waals surface area contributed by atoms with Gasteiger partial charge >= 0.3 is 0 Å². The minimum absolute atomic E-state index is 0.0811. The first-order valence-corrected chi connectivity index (χ1v) is 8.41. The van der Waals surface area contributed by atoms with Crippen LogP contribution in [0.3, 0.4) is 0 Å². The zero-order chi connectivity index (χ0) is 15.4. The third kappa shape index (κ3) is 4.33. The fraction of sp³-hybridized carbons (Fsp3) is 0.556.